The number of carboxylic acid groups (broad SMARTS) is 1. The summed E-state index contributed by atoms with van der Waals surface area (Å²) in [5.41, 5.74) is 1.87. The number of benzene rings is 2. The number of nitrogens with zero attached hydrogens (tertiary/aromatic N) is 2. The Balaban J connectivity index is 1.83. The predicted molar refractivity (Wildman–Crippen MR) is 99.3 cm³/mol. The molecule has 0 spiro atoms. The Morgan fingerprint density at radius 3 is 2.50 bits per heavy atom. The normalized spacial score (nSPS) is 11.0. The molecule has 3 aromatic rings. The van der Waals surface area contributed by atoms with Gasteiger partial charge >= 0.3 is 5.97 Å². The van der Waals surface area contributed by atoms with E-state index in [9.17, 15) is 4.79 Å². The monoisotopic (exact) mass is 390 g/mol. The van der Waals surface area contributed by atoms with Crippen LogP contribution in [0.2, 0.25) is 10.0 Å². The Morgan fingerprint density at radius 2 is 1.81 bits per heavy atom. The van der Waals surface area contributed by atoms with Crippen LogP contribution in [-0.2, 0) is 19.6 Å². The Morgan fingerprint density at radius 1 is 1.04 bits per heavy atom. The van der Waals surface area contributed by atoms with Gasteiger partial charge in [0.1, 0.15) is 6.26 Å². The van der Waals surface area contributed by atoms with E-state index in [2.05, 4.69) is 9.88 Å². The zero-order valence-electron chi connectivity index (χ0n) is 13.7. The van der Waals surface area contributed by atoms with Crippen molar-refractivity contribution in [3.05, 3.63) is 87.6 Å². The lowest BCUT2D eigenvalue weighted by molar-refractivity contribution is 0.0690. The zero-order chi connectivity index (χ0) is 18.5. The Hall–Kier alpha value is -2.34. The number of oxazole rings is 1. The Bertz CT molecular complexity index is 897. The molecule has 0 saturated carbocycles. The maximum absolute atomic E-state index is 11.0. The molecule has 7 heteroatoms. The molecule has 0 radical (unpaired) electrons. The van der Waals surface area contributed by atoms with Gasteiger partial charge in [0.15, 0.2) is 5.69 Å². The van der Waals surface area contributed by atoms with Gasteiger partial charge in [0, 0.05) is 13.1 Å². The second kappa shape index (κ2) is 8.36. The molecule has 134 valence electrons. The van der Waals surface area contributed by atoms with Crippen LogP contribution in [0.5, 0.6) is 0 Å². The van der Waals surface area contributed by atoms with Gasteiger partial charge in [-0.05, 0) is 17.2 Å². The molecule has 0 fully saturated rings. The van der Waals surface area contributed by atoms with E-state index in [0.717, 1.165) is 17.4 Å². The molecule has 26 heavy (non-hydrogen) atoms. The highest BCUT2D eigenvalue weighted by Crippen LogP contribution is 2.27. The van der Waals surface area contributed by atoms with Crippen LogP contribution in [0.1, 0.15) is 27.5 Å². The third-order valence-corrected chi connectivity index (χ3v) is 4.66. The summed E-state index contributed by atoms with van der Waals surface area (Å²) in [5.74, 6) is -0.788. The maximum Gasteiger partial charge on any atom is 0.357 e. The number of aromatic carboxylic acids is 1. The summed E-state index contributed by atoms with van der Waals surface area (Å²) in [4.78, 5) is 17.1. The molecule has 0 aliphatic rings. The summed E-state index contributed by atoms with van der Waals surface area (Å²) in [6.45, 7) is 1.47. The molecule has 0 aliphatic heterocycles. The number of carboxylic acids is 1. The van der Waals surface area contributed by atoms with Gasteiger partial charge in [0.25, 0.3) is 0 Å². The minimum atomic E-state index is -1.12. The highest BCUT2D eigenvalue weighted by atomic mass is 35.5. The van der Waals surface area contributed by atoms with Crippen molar-refractivity contribution in [2.45, 2.75) is 19.6 Å². The average molecular weight is 391 g/mol. The van der Waals surface area contributed by atoms with Gasteiger partial charge < -0.3 is 9.52 Å². The molecular weight excluding hydrogens is 375 g/mol. The third-order valence-electron chi connectivity index (χ3n) is 3.80. The molecule has 5 nitrogen and oxygen atoms in total. The third kappa shape index (κ3) is 4.64. The van der Waals surface area contributed by atoms with E-state index in [-0.39, 0.29) is 5.69 Å². The second-order valence-corrected chi connectivity index (χ2v) is 6.56. The van der Waals surface area contributed by atoms with Gasteiger partial charge in [0.2, 0.25) is 5.89 Å². The molecule has 0 amide bonds. The van der Waals surface area contributed by atoms with Gasteiger partial charge in [-0.1, -0.05) is 65.7 Å². The lowest BCUT2D eigenvalue weighted by Gasteiger charge is -2.22. The Labute approximate surface area is 160 Å². The first kappa shape index (κ1) is 18.5. The summed E-state index contributed by atoms with van der Waals surface area (Å²) >= 11 is 12.4. The van der Waals surface area contributed by atoms with Crippen molar-refractivity contribution in [2.24, 2.45) is 0 Å². The molecule has 0 atom stereocenters. The van der Waals surface area contributed by atoms with Gasteiger partial charge in [-0.3, -0.25) is 4.90 Å². The summed E-state index contributed by atoms with van der Waals surface area (Å²) in [6, 6.07) is 15.4. The van der Waals surface area contributed by atoms with E-state index in [0.29, 0.717) is 35.6 Å². The summed E-state index contributed by atoms with van der Waals surface area (Å²) in [5, 5.41) is 10.0. The fourth-order valence-electron chi connectivity index (χ4n) is 2.59. The van der Waals surface area contributed by atoms with E-state index < -0.39 is 5.97 Å². The van der Waals surface area contributed by atoms with Crippen LogP contribution >= 0.6 is 23.2 Å². The van der Waals surface area contributed by atoms with Crippen LogP contribution in [-0.4, -0.2) is 21.0 Å². The van der Waals surface area contributed by atoms with Crippen molar-refractivity contribution in [1.29, 1.82) is 0 Å². The standard InChI is InChI=1S/C19H16Cl2N2O3/c20-15-8-4-7-14(18(15)21)10-23(9-13-5-2-1-3-6-13)11-17-22-16(12-26-17)19(24)25/h1-8,12H,9-11H2,(H,24,25). The van der Waals surface area contributed by atoms with Crippen molar-refractivity contribution < 1.29 is 14.3 Å². The first-order valence-electron chi connectivity index (χ1n) is 7.90. The van der Waals surface area contributed by atoms with Crippen molar-refractivity contribution >= 4 is 29.2 Å². The summed E-state index contributed by atoms with van der Waals surface area (Å²) in [6.07, 6.45) is 1.14. The molecule has 3 rings (SSSR count). The van der Waals surface area contributed by atoms with Gasteiger partial charge in [-0.25, -0.2) is 9.78 Å². The van der Waals surface area contributed by atoms with Gasteiger partial charge in [-0.2, -0.15) is 0 Å². The van der Waals surface area contributed by atoms with Crippen LogP contribution in [0, 0.1) is 0 Å². The number of carbonyl (C=O) groups is 1. The average Bonchev–Trinajstić information content (AvgIpc) is 3.09. The fraction of sp³-hybridized carbons (Fsp3) is 0.158. The molecule has 1 heterocycles. The zero-order valence-corrected chi connectivity index (χ0v) is 15.2. The molecule has 1 aromatic heterocycles. The highest BCUT2D eigenvalue weighted by molar-refractivity contribution is 6.42. The van der Waals surface area contributed by atoms with Gasteiger partial charge in [-0.15, -0.1) is 0 Å². The minimum Gasteiger partial charge on any atom is -0.476 e. The number of halogens is 2. The summed E-state index contributed by atoms with van der Waals surface area (Å²) in [7, 11) is 0. The van der Waals surface area contributed by atoms with E-state index in [1.807, 2.05) is 42.5 Å². The van der Waals surface area contributed by atoms with E-state index in [1.54, 1.807) is 6.07 Å². The van der Waals surface area contributed by atoms with Gasteiger partial charge in [0.05, 0.1) is 16.6 Å². The van der Waals surface area contributed by atoms with Crippen LogP contribution in [0.25, 0.3) is 0 Å². The molecule has 1 N–H and O–H groups in total. The maximum atomic E-state index is 11.0. The number of hydrogen-bond donors (Lipinski definition) is 1. The summed E-state index contributed by atoms with van der Waals surface area (Å²) < 4.78 is 5.29. The molecule has 0 aliphatic carbocycles. The van der Waals surface area contributed by atoms with E-state index in [1.165, 1.54) is 0 Å². The van der Waals surface area contributed by atoms with Crippen LogP contribution in [0.3, 0.4) is 0 Å². The molecule has 0 bridgehead atoms. The smallest absolute Gasteiger partial charge is 0.357 e. The SMILES string of the molecule is O=C(O)c1coc(CN(Cc2ccccc2)Cc2cccc(Cl)c2Cl)n1. The van der Waals surface area contributed by atoms with Crippen molar-refractivity contribution in [3.8, 4) is 0 Å². The van der Waals surface area contributed by atoms with Crippen molar-refractivity contribution in [3.63, 3.8) is 0 Å². The number of hydrogen-bond acceptors (Lipinski definition) is 4. The predicted octanol–water partition coefficient (Wildman–Crippen LogP) is 4.88. The van der Waals surface area contributed by atoms with E-state index in [4.69, 9.17) is 32.7 Å². The molecule has 0 unspecified atom stereocenters. The second-order valence-electron chi connectivity index (χ2n) is 5.78. The van der Waals surface area contributed by atoms with Crippen molar-refractivity contribution in [2.75, 3.05) is 0 Å². The Kier molecular flexibility index (Phi) is 5.93. The molecular formula is C19H16Cl2N2O3. The lowest BCUT2D eigenvalue weighted by Crippen LogP contribution is -2.23. The first-order chi connectivity index (χ1) is 12.5. The highest BCUT2D eigenvalue weighted by Gasteiger charge is 2.16. The number of aromatic nitrogens is 1. The minimum absolute atomic E-state index is 0.111. The van der Waals surface area contributed by atoms with Crippen LogP contribution in [0.15, 0.2) is 59.2 Å². The van der Waals surface area contributed by atoms with Crippen molar-refractivity contribution in [1.82, 2.24) is 9.88 Å². The largest absolute Gasteiger partial charge is 0.476 e. The lowest BCUT2D eigenvalue weighted by atomic mass is 10.1. The quantitative estimate of drug-likeness (QED) is 0.622. The fourth-order valence-corrected chi connectivity index (χ4v) is 2.97. The molecule has 2 aromatic carbocycles. The van der Waals surface area contributed by atoms with Crippen LogP contribution < -0.4 is 0 Å². The van der Waals surface area contributed by atoms with Crippen LogP contribution in [0.4, 0.5) is 0 Å². The first-order valence-corrected chi connectivity index (χ1v) is 8.65. The number of rotatable bonds is 7. The topological polar surface area (TPSA) is 66.6 Å². The van der Waals surface area contributed by atoms with E-state index >= 15 is 0 Å². The molecule has 0 saturated heterocycles.